The summed E-state index contributed by atoms with van der Waals surface area (Å²) in [5.74, 6) is -0.390. The number of nitrogens with zero attached hydrogens (tertiary/aromatic N) is 1. The fourth-order valence-corrected chi connectivity index (χ4v) is 3.69. The van der Waals surface area contributed by atoms with E-state index in [0.29, 0.717) is 6.42 Å². The number of oxime groups is 1. The third kappa shape index (κ3) is 5.63. The van der Waals surface area contributed by atoms with Crippen LogP contribution in [0.5, 0.6) is 0 Å². The van der Waals surface area contributed by atoms with Crippen molar-refractivity contribution in [3.05, 3.63) is 95.6 Å². The van der Waals surface area contributed by atoms with Gasteiger partial charge in [0.2, 0.25) is 5.60 Å². The molecule has 174 valence electrons. The highest BCUT2D eigenvalue weighted by Gasteiger charge is 2.46. The van der Waals surface area contributed by atoms with E-state index in [-0.39, 0.29) is 12.0 Å². The molecule has 1 heterocycles. The second kappa shape index (κ2) is 9.68. The van der Waals surface area contributed by atoms with Crippen LogP contribution in [0, 0.1) is 5.41 Å². The van der Waals surface area contributed by atoms with Gasteiger partial charge in [0.25, 0.3) is 0 Å². The molecule has 4 rings (SSSR count). The molecule has 0 fully saturated rings. The maximum atomic E-state index is 12.6. The van der Waals surface area contributed by atoms with Gasteiger partial charge in [0.05, 0.1) is 5.71 Å². The van der Waals surface area contributed by atoms with Crippen molar-refractivity contribution in [1.82, 2.24) is 0 Å². The Morgan fingerprint density at radius 3 is 2.03 bits per heavy atom. The Morgan fingerprint density at radius 2 is 1.47 bits per heavy atom. The molecular formula is C30H31NO3. The number of esters is 1. The SMILES string of the molecule is CC(C)(C)C1=NOC(C)(C(=O)OCc2ccc(/C=C/c3ccc(-c4ccccc4)cc3)cc2)C1. The first-order chi connectivity index (χ1) is 16.2. The smallest absolute Gasteiger partial charge is 0.353 e. The maximum Gasteiger partial charge on any atom is 0.353 e. The first-order valence-electron chi connectivity index (χ1n) is 11.6. The molecule has 0 aromatic heterocycles. The van der Waals surface area contributed by atoms with Crippen molar-refractivity contribution in [3.8, 4) is 11.1 Å². The minimum absolute atomic E-state index is 0.134. The van der Waals surface area contributed by atoms with Crippen LogP contribution in [-0.2, 0) is 21.0 Å². The van der Waals surface area contributed by atoms with E-state index < -0.39 is 11.6 Å². The topological polar surface area (TPSA) is 47.9 Å². The molecule has 0 saturated heterocycles. The van der Waals surface area contributed by atoms with Crippen molar-refractivity contribution in [2.75, 3.05) is 0 Å². The van der Waals surface area contributed by atoms with Gasteiger partial charge in [0.1, 0.15) is 6.61 Å². The second-order valence-corrected chi connectivity index (χ2v) is 9.93. The van der Waals surface area contributed by atoms with Crippen molar-refractivity contribution in [2.24, 2.45) is 10.6 Å². The number of hydrogen-bond acceptors (Lipinski definition) is 4. The lowest BCUT2D eigenvalue weighted by Gasteiger charge is -2.21. The highest BCUT2D eigenvalue weighted by molar-refractivity contribution is 5.96. The summed E-state index contributed by atoms with van der Waals surface area (Å²) in [5, 5.41) is 4.12. The second-order valence-electron chi connectivity index (χ2n) is 9.93. The lowest BCUT2D eigenvalue weighted by molar-refractivity contribution is -0.168. The summed E-state index contributed by atoms with van der Waals surface area (Å²) in [4.78, 5) is 18.1. The summed E-state index contributed by atoms with van der Waals surface area (Å²) in [5.41, 5.74) is 5.25. The molecule has 0 N–H and O–H groups in total. The largest absolute Gasteiger partial charge is 0.458 e. The van der Waals surface area contributed by atoms with E-state index in [0.717, 1.165) is 22.4 Å². The predicted molar refractivity (Wildman–Crippen MR) is 138 cm³/mol. The molecule has 1 aliphatic rings. The Balaban J connectivity index is 1.30. The summed E-state index contributed by atoms with van der Waals surface area (Å²) >= 11 is 0. The highest BCUT2D eigenvalue weighted by atomic mass is 16.7. The zero-order valence-electron chi connectivity index (χ0n) is 20.2. The Labute approximate surface area is 201 Å². The number of benzene rings is 3. The van der Waals surface area contributed by atoms with Crippen molar-refractivity contribution in [3.63, 3.8) is 0 Å². The van der Waals surface area contributed by atoms with Crippen LogP contribution in [0.25, 0.3) is 23.3 Å². The minimum atomic E-state index is -1.05. The average molecular weight is 454 g/mol. The molecule has 34 heavy (non-hydrogen) atoms. The zero-order chi connectivity index (χ0) is 24.2. The molecule has 3 aromatic carbocycles. The third-order valence-electron chi connectivity index (χ3n) is 6.00. The van der Waals surface area contributed by atoms with E-state index in [9.17, 15) is 4.79 Å². The molecule has 1 unspecified atom stereocenters. The van der Waals surface area contributed by atoms with Crippen LogP contribution >= 0.6 is 0 Å². The highest BCUT2D eigenvalue weighted by Crippen LogP contribution is 2.33. The van der Waals surface area contributed by atoms with Gasteiger partial charge in [-0.2, -0.15) is 0 Å². The van der Waals surface area contributed by atoms with Crippen molar-refractivity contribution in [2.45, 2.75) is 46.3 Å². The van der Waals surface area contributed by atoms with Crippen LogP contribution in [0.1, 0.15) is 50.8 Å². The Hall–Kier alpha value is -3.66. The van der Waals surface area contributed by atoms with Gasteiger partial charge in [-0.1, -0.05) is 117 Å². The quantitative estimate of drug-likeness (QED) is 0.294. The summed E-state index contributed by atoms with van der Waals surface area (Å²) in [6.07, 6.45) is 4.62. The Morgan fingerprint density at radius 1 is 0.912 bits per heavy atom. The molecule has 1 atom stereocenters. The average Bonchev–Trinajstić information content (AvgIpc) is 3.27. The summed E-state index contributed by atoms with van der Waals surface area (Å²) < 4.78 is 5.54. The molecule has 0 aliphatic carbocycles. The van der Waals surface area contributed by atoms with Gasteiger partial charge in [-0.25, -0.2) is 4.79 Å². The molecule has 0 amide bonds. The molecule has 4 heteroatoms. The number of carbonyl (C=O) groups excluding carboxylic acids is 1. The van der Waals surface area contributed by atoms with Crippen molar-refractivity contribution < 1.29 is 14.4 Å². The van der Waals surface area contributed by atoms with Gasteiger partial charge in [-0.15, -0.1) is 0 Å². The zero-order valence-corrected chi connectivity index (χ0v) is 20.2. The lowest BCUT2D eigenvalue weighted by atomic mass is 9.84. The van der Waals surface area contributed by atoms with Crippen LogP contribution in [0.15, 0.2) is 84.0 Å². The molecule has 4 nitrogen and oxygen atoms in total. The predicted octanol–water partition coefficient (Wildman–Crippen LogP) is 7.15. The Bertz CT molecular complexity index is 1190. The molecule has 1 aliphatic heterocycles. The molecule has 0 spiro atoms. The fraction of sp³-hybridized carbons (Fsp3) is 0.267. The standard InChI is InChI=1S/C30H31NO3/c1-29(2,3)27-20-30(4,34-31-27)28(32)33-21-24-14-12-22(13-15-24)10-11-23-16-18-26(19-17-23)25-8-6-5-7-9-25/h5-19H,20-21H2,1-4H3/b11-10+. The first kappa shape index (κ1) is 23.5. The molecular weight excluding hydrogens is 422 g/mol. The summed E-state index contributed by atoms with van der Waals surface area (Å²) in [6.45, 7) is 8.11. The van der Waals surface area contributed by atoms with E-state index >= 15 is 0 Å². The van der Waals surface area contributed by atoms with Gasteiger partial charge in [-0.3, -0.25) is 0 Å². The van der Waals surface area contributed by atoms with E-state index in [1.165, 1.54) is 11.1 Å². The monoisotopic (exact) mass is 453 g/mol. The van der Waals surface area contributed by atoms with E-state index in [4.69, 9.17) is 9.57 Å². The van der Waals surface area contributed by atoms with Gasteiger partial charge in [0, 0.05) is 11.8 Å². The van der Waals surface area contributed by atoms with Crippen LogP contribution in [-0.4, -0.2) is 17.3 Å². The van der Waals surface area contributed by atoms with Crippen LogP contribution < -0.4 is 0 Å². The minimum Gasteiger partial charge on any atom is -0.458 e. The lowest BCUT2D eigenvalue weighted by Crippen LogP contribution is -2.38. The normalized spacial score (nSPS) is 17.9. The number of rotatable bonds is 6. The molecule has 3 aromatic rings. The summed E-state index contributed by atoms with van der Waals surface area (Å²) in [6, 6.07) is 26.8. The van der Waals surface area contributed by atoms with Crippen LogP contribution in [0.4, 0.5) is 0 Å². The number of carbonyl (C=O) groups is 1. The first-order valence-corrected chi connectivity index (χ1v) is 11.6. The Kier molecular flexibility index (Phi) is 6.69. The van der Waals surface area contributed by atoms with Gasteiger partial charge >= 0.3 is 5.97 Å². The van der Waals surface area contributed by atoms with Gasteiger partial charge in [-0.05, 0) is 34.7 Å². The molecule has 0 bridgehead atoms. The van der Waals surface area contributed by atoms with Crippen molar-refractivity contribution >= 4 is 23.8 Å². The maximum absolute atomic E-state index is 12.6. The fourth-order valence-electron chi connectivity index (χ4n) is 3.69. The molecule has 0 saturated carbocycles. The van der Waals surface area contributed by atoms with Crippen LogP contribution in [0.2, 0.25) is 0 Å². The van der Waals surface area contributed by atoms with E-state index in [1.54, 1.807) is 6.92 Å². The van der Waals surface area contributed by atoms with E-state index in [1.807, 2.05) is 42.5 Å². The number of ether oxygens (including phenoxy) is 1. The number of hydrogen-bond donors (Lipinski definition) is 0. The summed E-state index contributed by atoms with van der Waals surface area (Å²) in [7, 11) is 0. The van der Waals surface area contributed by atoms with Gasteiger partial charge < -0.3 is 9.57 Å². The third-order valence-corrected chi connectivity index (χ3v) is 6.00. The van der Waals surface area contributed by atoms with Crippen molar-refractivity contribution in [1.29, 1.82) is 0 Å². The van der Waals surface area contributed by atoms with Gasteiger partial charge in [0.15, 0.2) is 0 Å². The van der Waals surface area contributed by atoms with E-state index in [2.05, 4.69) is 74.5 Å². The molecule has 0 radical (unpaired) electrons. The van der Waals surface area contributed by atoms with Crippen LogP contribution in [0.3, 0.4) is 0 Å².